The van der Waals surface area contributed by atoms with Gasteiger partial charge in [0.05, 0.1) is 7.11 Å². The van der Waals surface area contributed by atoms with Crippen molar-refractivity contribution in [1.29, 1.82) is 0 Å². The van der Waals surface area contributed by atoms with Crippen molar-refractivity contribution >= 4 is 23.6 Å². The molecule has 0 unspecified atom stereocenters. The number of hydrogen-bond donors (Lipinski definition) is 2. The highest BCUT2D eigenvalue weighted by Crippen LogP contribution is 2.28. The predicted octanol–water partition coefficient (Wildman–Crippen LogP) is 2.23. The Kier molecular flexibility index (Phi) is 13.0. The molecule has 0 saturated heterocycles. The molecule has 1 atom stereocenters. The average Bonchev–Trinajstić information content (AvgIpc) is 3.01. The van der Waals surface area contributed by atoms with Crippen LogP contribution in [0.1, 0.15) is 74.0 Å². The Hall–Kier alpha value is -4.35. The standard InChI is InChI=1S/C33H47N5O7/c1-22(2)26-13-12-25(32(42)37(26)5)33(43)38-18-8-7-17-36(4)31(41)23(3)35-30(40)21-45-28-20-24(10-14-27(28)44-6)11-15-29(39)34-16-9-19-38/h10,12-14,20,22-23H,7-9,11,15-19,21H2,1-6H3,(H,34,39)(H,35,40)/t23-/m0/s1. The van der Waals surface area contributed by atoms with E-state index >= 15 is 0 Å². The molecule has 2 bridgehead atoms. The maximum absolute atomic E-state index is 13.6. The summed E-state index contributed by atoms with van der Waals surface area (Å²) in [6.07, 6.45) is 2.38. The third kappa shape index (κ3) is 9.82. The van der Waals surface area contributed by atoms with E-state index in [1.807, 2.05) is 26.0 Å². The fourth-order valence-corrected chi connectivity index (χ4v) is 5.29. The molecule has 0 saturated carbocycles. The van der Waals surface area contributed by atoms with Crippen LogP contribution in [0, 0.1) is 0 Å². The Bertz CT molecular complexity index is 1420. The summed E-state index contributed by atoms with van der Waals surface area (Å²) in [6, 6.07) is 7.93. The van der Waals surface area contributed by atoms with Crippen LogP contribution in [-0.2, 0) is 27.9 Å². The third-order valence-electron chi connectivity index (χ3n) is 7.90. The number of benzene rings is 1. The zero-order valence-electron chi connectivity index (χ0n) is 27.3. The number of pyridine rings is 1. The zero-order chi connectivity index (χ0) is 33.1. The van der Waals surface area contributed by atoms with Crippen LogP contribution in [0.5, 0.6) is 11.5 Å². The summed E-state index contributed by atoms with van der Waals surface area (Å²) in [5.74, 6) is -0.255. The van der Waals surface area contributed by atoms with Crippen molar-refractivity contribution in [3.05, 3.63) is 57.5 Å². The van der Waals surface area contributed by atoms with Crippen LogP contribution < -0.4 is 25.7 Å². The van der Waals surface area contributed by atoms with Crippen LogP contribution in [0.25, 0.3) is 0 Å². The van der Waals surface area contributed by atoms with Gasteiger partial charge in [0.1, 0.15) is 11.6 Å². The lowest BCUT2D eigenvalue weighted by atomic mass is 10.1. The van der Waals surface area contributed by atoms with E-state index in [1.54, 1.807) is 49.0 Å². The van der Waals surface area contributed by atoms with Gasteiger partial charge in [0.15, 0.2) is 18.1 Å². The number of likely N-dealkylation sites (N-methyl/N-ethyl adjacent to an activating group) is 1. The number of amides is 4. The lowest BCUT2D eigenvalue weighted by molar-refractivity contribution is -0.135. The van der Waals surface area contributed by atoms with E-state index in [9.17, 15) is 24.0 Å². The van der Waals surface area contributed by atoms with Crippen LogP contribution in [0.4, 0.5) is 0 Å². The highest BCUT2D eigenvalue weighted by atomic mass is 16.5. The van der Waals surface area contributed by atoms with Crippen molar-refractivity contribution in [2.75, 3.05) is 46.9 Å². The molecule has 0 aliphatic carbocycles. The van der Waals surface area contributed by atoms with Gasteiger partial charge in [0.2, 0.25) is 11.8 Å². The first kappa shape index (κ1) is 35.1. The Balaban J connectivity index is 1.78. The molecule has 1 aliphatic heterocycles. The monoisotopic (exact) mass is 625 g/mol. The molecule has 12 nitrogen and oxygen atoms in total. The Morgan fingerprint density at radius 3 is 2.38 bits per heavy atom. The highest BCUT2D eigenvalue weighted by Gasteiger charge is 2.23. The first-order chi connectivity index (χ1) is 21.4. The minimum Gasteiger partial charge on any atom is -0.493 e. The number of nitrogens with one attached hydrogen (secondary N) is 2. The highest BCUT2D eigenvalue weighted by molar-refractivity contribution is 5.94. The van der Waals surface area contributed by atoms with E-state index in [0.717, 1.165) is 11.3 Å². The summed E-state index contributed by atoms with van der Waals surface area (Å²) in [7, 11) is 4.84. The van der Waals surface area contributed by atoms with Gasteiger partial charge >= 0.3 is 0 Å². The molecule has 246 valence electrons. The fourth-order valence-electron chi connectivity index (χ4n) is 5.29. The van der Waals surface area contributed by atoms with Gasteiger partial charge in [0.25, 0.3) is 17.4 Å². The van der Waals surface area contributed by atoms with E-state index in [-0.39, 0.29) is 47.8 Å². The number of carbonyl (C=O) groups excluding carboxylic acids is 4. The first-order valence-electron chi connectivity index (χ1n) is 15.5. The molecule has 0 fully saturated rings. The molecule has 1 aliphatic rings. The Labute approximate surface area is 265 Å². The summed E-state index contributed by atoms with van der Waals surface area (Å²) in [6.45, 7) is 6.81. The molecule has 3 rings (SSSR count). The smallest absolute Gasteiger partial charge is 0.263 e. The van der Waals surface area contributed by atoms with E-state index < -0.39 is 11.9 Å². The second kappa shape index (κ2) is 16.6. The second-order valence-corrected chi connectivity index (χ2v) is 11.7. The average molecular weight is 626 g/mol. The van der Waals surface area contributed by atoms with Gasteiger partial charge in [-0.25, -0.2) is 0 Å². The summed E-state index contributed by atoms with van der Waals surface area (Å²) in [4.78, 5) is 68.0. The normalized spacial score (nSPS) is 18.3. The van der Waals surface area contributed by atoms with Gasteiger partial charge < -0.3 is 34.5 Å². The van der Waals surface area contributed by atoms with Gasteiger partial charge in [-0.15, -0.1) is 0 Å². The Morgan fingerprint density at radius 2 is 1.67 bits per heavy atom. The van der Waals surface area contributed by atoms with Crippen LogP contribution >= 0.6 is 0 Å². The number of aromatic nitrogens is 1. The summed E-state index contributed by atoms with van der Waals surface area (Å²) in [5.41, 5.74) is 1.43. The maximum atomic E-state index is 13.6. The SMILES string of the molecule is COc1ccc2cc1OCC(=O)N[C@@H](C)C(=O)N(C)CCCCN(C(=O)c1ccc(C(C)C)n(C)c1=O)CCCNC(=O)CC2. The number of hydrogen-bond acceptors (Lipinski definition) is 7. The van der Waals surface area contributed by atoms with Crippen LogP contribution in [-0.4, -0.2) is 91.0 Å². The van der Waals surface area contributed by atoms with E-state index in [4.69, 9.17) is 9.47 Å². The lowest BCUT2D eigenvalue weighted by Gasteiger charge is -2.25. The Morgan fingerprint density at radius 1 is 0.956 bits per heavy atom. The van der Waals surface area contributed by atoms with Crippen molar-refractivity contribution in [3.63, 3.8) is 0 Å². The molecule has 4 amide bonds. The minimum absolute atomic E-state index is 0.104. The number of aryl methyl sites for hydroxylation is 1. The molecular formula is C33H47N5O7. The lowest BCUT2D eigenvalue weighted by Crippen LogP contribution is -2.47. The number of methoxy groups -OCH3 is 1. The van der Waals surface area contributed by atoms with Gasteiger partial charge in [-0.1, -0.05) is 19.9 Å². The fraction of sp³-hybridized carbons (Fsp3) is 0.545. The van der Waals surface area contributed by atoms with Crippen LogP contribution in [0.15, 0.2) is 35.1 Å². The molecule has 1 aromatic heterocycles. The van der Waals surface area contributed by atoms with Crippen LogP contribution in [0.3, 0.4) is 0 Å². The number of carbonyl (C=O) groups is 4. The van der Waals surface area contributed by atoms with Crippen LogP contribution in [0.2, 0.25) is 0 Å². The molecule has 0 radical (unpaired) electrons. The number of ether oxygens (including phenoxy) is 2. The van der Waals surface area contributed by atoms with Gasteiger partial charge in [-0.05, 0) is 68.4 Å². The minimum atomic E-state index is -0.765. The van der Waals surface area contributed by atoms with Gasteiger partial charge in [-0.2, -0.15) is 0 Å². The summed E-state index contributed by atoms with van der Waals surface area (Å²) >= 11 is 0. The molecule has 2 heterocycles. The van der Waals surface area contributed by atoms with E-state index in [0.29, 0.717) is 63.4 Å². The van der Waals surface area contributed by atoms with Crippen molar-refractivity contribution in [3.8, 4) is 11.5 Å². The number of fused-ring (bicyclic) bond motifs is 2. The predicted molar refractivity (Wildman–Crippen MR) is 171 cm³/mol. The molecule has 1 aromatic carbocycles. The zero-order valence-corrected chi connectivity index (χ0v) is 27.3. The van der Waals surface area contributed by atoms with Crippen molar-refractivity contribution in [2.24, 2.45) is 7.05 Å². The molecular weight excluding hydrogens is 578 g/mol. The summed E-state index contributed by atoms with van der Waals surface area (Å²) in [5, 5.41) is 5.59. The quantitative estimate of drug-likeness (QED) is 0.534. The number of nitrogens with zero attached hydrogens (tertiary/aromatic N) is 3. The van der Waals surface area contributed by atoms with Crippen molar-refractivity contribution in [1.82, 2.24) is 25.0 Å². The molecule has 45 heavy (non-hydrogen) atoms. The summed E-state index contributed by atoms with van der Waals surface area (Å²) < 4.78 is 12.6. The number of rotatable bonds is 3. The van der Waals surface area contributed by atoms with E-state index in [1.165, 1.54) is 11.7 Å². The largest absolute Gasteiger partial charge is 0.493 e. The molecule has 0 spiro atoms. The third-order valence-corrected chi connectivity index (χ3v) is 7.90. The van der Waals surface area contributed by atoms with Crippen molar-refractivity contribution in [2.45, 2.75) is 64.8 Å². The maximum Gasteiger partial charge on any atom is 0.263 e. The first-order valence-corrected chi connectivity index (χ1v) is 15.5. The van der Waals surface area contributed by atoms with Crippen molar-refractivity contribution < 1.29 is 28.7 Å². The second-order valence-electron chi connectivity index (χ2n) is 11.7. The topological polar surface area (TPSA) is 139 Å². The molecule has 2 N–H and O–H groups in total. The van der Waals surface area contributed by atoms with Gasteiger partial charge in [-0.3, -0.25) is 24.0 Å². The molecule has 2 aromatic rings. The van der Waals surface area contributed by atoms with Gasteiger partial charge in [0, 0.05) is 52.4 Å². The van der Waals surface area contributed by atoms with E-state index in [2.05, 4.69) is 10.6 Å². The molecule has 12 heteroatoms.